The minimum Gasteiger partial charge on any atom is -0.381 e. The first kappa shape index (κ1) is 9.59. The molecule has 0 aliphatic rings. The summed E-state index contributed by atoms with van der Waals surface area (Å²) < 4.78 is 0. The molecular weight excluding hydrogens is 158 g/mol. The van der Waals surface area contributed by atoms with Crippen LogP contribution < -0.4 is 5.32 Å². The van der Waals surface area contributed by atoms with Crippen molar-refractivity contribution in [3.63, 3.8) is 0 Å². The molecule has 0 unspecified atom stereocenters. The van der Waals surface area contributed by atoms with Crippen molar-refractivity contribution < 1.29 is 0 Å². The van der Waals surface area contributed by atoms with Crippen LogP contribution in [0.5, 0.6) is 0 Å². The molecule has 68 valence electrons. The maximum Gasteiger partial charge on any atom is 0.0397 e. The Hall–Kier alpha value is -1.50. The molecule has 0 bridgehead atoms. The van der Waals surface area contributed by atoms with E-state index in [-0.39, 0.29) is 0 Å². The molecule has 0 saturated heterocycles. The molecule has 0 fully saturated rings. The van der Waals surface area contributed by atoms with Crippen molar-refractivity contribution in [2.45, 2.75) is 6.92 Å². The summed E-state index contributed by atoms with van der Waals surface area (Å²) >= 11 is 0. The van der Waals surface area contributed by atoms with E-state index in [1.165, 1.54) is 0 Å². The summed E-state index contributed by atoms with van der Waals surface area (Å²) in [5, 5.41) is 3.27. The Morgan fingerprint density at radius 1 is 1.23 bits per heavy atom. The first-order chi connectivity index (χ1) is 6.20. The maximum atomic E-state index is 3.91. The van der Waals surface area contributed by atoms with Gasteiger partial charge in [-0.15, -0.1) is 0 Å². The smallest absolute Gasteiger partial charge is 0.0397 e. The second-order valence-electron chi connectivity index (χ2n) is 3.10. The number of rotatable bonds is 4. The van der Waals surface area contributed by atoms with Gasteiger partial charge in [-0.1, -0.05) is 36.9 Å². The number of hydrogen-bond donors (Lipinski definition) is 1. The summed E-state index contributed by atoms with van der Waals surface area (Å²) in [6.07, 6.45) is 0. The predicted molar refractivity (Wildman–Crippen MR) is 58.9 cm³/mol. The normalized spacial score (nSPS) is 9.31. The van der Waals surface area contributed by atoms with Crippen LogP contribution in [0.4, 0.5) is 5.69 Å². The van der Waals surface area contributed by atoms with E-state index in [4.69, 9.17) is 0 Å². The lowest BCUT2D eigenvalue weighted by molar-refractivity contribution is 1.22. The molecule has 0 radical (unpaired) electrons. The average Bonchev–Trinajstić information content (AvgIpc) is 2.15. The monoisotopic (exact) mass is 173 g/mol. The van der Waals surface area contributed by atoms with E-state index in [0.29, 0.717) is 0 Å². The molecule has 1 nitrogen and oxygen atoms in total. The highest BCUT2D eigenvalue weighted by Crippen LogP contribution is 2.08. The van der Waals surface area contributed by atoms with Gasteiger partial charge in [0.1, 0.15) is 0 Å². The summed E-state index contributed by atoms with van der Waals surface area (Å²) in [6.45, 7) is 10.5. The fraction of sp³-hybridized carbons (Fsp3) is 0.167. The fourth-order valence-corrected chi connectivity index (χ4v) is 0.916. The van der Waals surface area contributed by atoms with Gasteiger partial charge in [0.05, 0.1) is 0 Å². The second-order valence-corrected chi connectivity index (χ2v) is 3.10. The molecule has 1 aromatic carbocycles. The molecule has 1 N–H and O–H groups in total. The van der Waals surface area contributed by atoms with E-state index in [0.717, 1.165) is 23.4 Å². The summed E-state index contributed by atoms with van der Waals surface area (Å²) in [7, 11) is 0. The van der Waals surface area contributed by atoms with Crippen molar-refractivity contribution in [2.24, 2.45) is 0 Å². The standard InChI is InChI=1S/C12H15N/c1-10(2)11(3)9-13-12-7-5-4-6-8-12/h4-8,13H,1,3,9H2,2H3. The van der Waals surface area contributed by atoms with Crippen LogP contribution in [0.2, 0.25) is 0 Å². The van der Waals surface area contributed by atoms with Crippen molar-refractivity contribution >= 4 is 5.69 Å². The Morgan fingerprint density at radius 3 is 2.38 bits per heavy atom. The zero-order valence-electron chi connectivity index (χ0n) is 8.01. The molecule has 0 amide bonds. The highest BCUT2D eigenvalue weighted by atomic mass is 14.9. The van der Waals surface area contributed by atoms with Gasteiger partial charge in [0, 0.05) is 12.2 Å². The van der Waals surface area contributed by atoms with E-state index in [1.54, 1.807) is 0 Å². The molecular formula is C12H15N. The van der Waals surface area contributed by atoms with Crippen molar-refractivity contribution in [3.05, 3.63) is 54.6 Å². The van der Waals surface area contributed by atoms with Gasteiger partial charge in [-0.05, 0) is 24.6 Å². The third-order valence-corrected chi connectivity index (χ3v) is 1.88. The minimum atomic E-state index is 0.763. The fourth-order valence-electron chi connectivity index (χ4n) is 0.916. The van der Waals surface area contributed by atoms with Crippen molar-refractivity contribution in [3.8, 4) is 0 Å². The number of hydrogen-bond acceptors (Lipinski definition) is 1. The van der Waals surface area contributed by atoms with E-state index in [2.05, 4.69) is 18.5 Å². The topological polar surface area (TPSA) is 12.0 Å². The Kier molecular flexibility index (Phi) is 3.32. The van der Waals surface area contributed by atoms with Gasteiger partial charge < -0.3 is 5.32 Å². The summed E-state index contributed by atoms with van der Waals surface area (Å²) in [4.78, 5) is 0. The highest BCUT2D eigenvalue weighted by molar-refractivity contribution is 5.44. The van der Waals surface area contributed by atoms with Crippen molar-refractivity contribution in [1.29, 1.82) is 0 Å². The van der Waals surface area contributed by atoms with Crippen LogP contribution in [-0.2, 0) is 0 Å². The van der Waals surface area contributed by atoms with Gasteiger partial charge in [-0.3, -0.25) is 0 Å². The zero-order valence-corrected chi connectivity index (χ0v) is 8.01. The lowest BCUT2D eigenvalue weighted by Gasteiger charge is -2.07. The Labute approximate surface area is 79.8 Å². The number of benzene rings is 1. The van der Waals surface area contributed by atoms with Gasteiger partial charge in [-0.25, -0.2) is 0 Å². The van der Waals surface area contributed by atoms with Crippen molar-refractivity contribution in [2.75, 3.05) is 11.9 Å². The van der Waals surface area contributed by atoms with Crippen LogP contribution in [0, 0.1) is 0 Å². The molecule has 13 heavy (non-hydrogen) atoms. The summed E-state index contributed by atoms with van der Waals surface area (Å²) in [6, 6.07) is 10.1. The van der Waals surface area contributed by atoms with Crippen LogP contribution in [0.1, 0.15) is 6.92 Å². The lowest BCUT2D eigenvalue weighted by Crippen LogP contribution is -2.03. The average molecular weight is 173 g/mol. The molecule has 0 heterocycles. The van der Waals surface area contributed by atoms with E-state index in [9.17, 15) is 0 Å². The molecule has 0 saturated carbocycles. The molecule has 1 heteroatoms. The van der Waals surface area contributed by atoms with Gasteiger partial charge in [0.15, 0.2) is 0 Å². The maximum absolute atomic E-state index is 3.91. The Morgan fingerprint density at radius 2 is 1.85 bits per heavy atom. The number of nitrogens with one attached hydrogen (secondary N) is 1. The Balaban J connectivity index is 2.44. The van der Waals surface area contributed by atoms with Crippen LogP contribution in [0.3, 0.4) is 0 Å². The lowest BCUT2D eigenvalue weighted by atomic mass is 10.1. The first-order valence-electron chi connectivity index (χ1n) is 4.32. The van der Waals surface area contributed by atoms with Gasteiger partial charge in [-0.2, -0.15) is 0 Å². The highest BCUT2D eigenvalue weighted by Gasteiger charge is 1.93. The largest absolute Gasteiger partial charge is 0.381 e. The third kappa shape index (κ3) is 3.16. The van der Waals surface area contributed by atoms with Crippen molar-refractivity contribution in [1.82, 2.24) is 0 Å². The zero-order chi connectivity index (χ0) is 9.68. The van der Waals surface area contributed by atoms with E-state index < -0.39 is 0 Å². The minimum absolute atomic E-state index is 0.763. The second kappa shape index (κ2) is 4.51. The molecule has 0 aliphatic heterocycles. The van der Waals surface area contributed by atoms with E-state index >= 15 is 0 Å². The molecule has 0 aromatic heterocycles. The first-order valence-corrected chi connectivity index (χ1v) is 4.32. The van der Waals surface area contributed by atoms with E-state index in [1.807, 2.05) is 37.3 Å². The molecule has 1 rings (SSSR count). The predicted octanol–water partition coefficient (Wildman–Crippen LogP) is 3.23. The SMILES string of the molecule is C=C(C)C(=C)CNc1ccccc1. The van der Waals surface area contributed by atoms with Gasteiger partial charge in [0.25, 0.3) is 0 Å². The number of anilines is 1. The van der Waals surface area contributed by atoms with Crippen LogP contribution >= 0.6 is 0 Å². The van der Waals surface area contributed by atoms with Crippen LogP contribution in [0.25, 0.3) is 0 Å². The molecule has 1 aromatic rings. The van der Waals surface area contributed by atoms with Gasteiger partial charge in [0.2, 0.25) is 0 Å². The summed E-state index contributed by atoms with van der Waals surface area (Å²) in [5.74, 6) is 0. The summed E-state index contributed by atoms with van der Waals surface area (Å²) in [5.41, 5.74) is 3.19. The van der Waals surface area contributed by atoms with Crippen LogP contribution in [-0.4, -0.2) is 6.54 Å². The molecule has 0 aliphatic carbocycles. The number of para-hydroxylation sites is 1. The van der Waals surface area contributed by atoms with Gasteiger partial charge >= 0.3 is 0 Å². The van der Waals surface area contributed by atoms with Crippen LogP contribution in [0.15, 0.2) is 54.6 Å². The molecule has 0 atom stereocenters. The molecule has 0 spiro atoms. The Bertz CT molecular complexity index is 298. The third-order valence-electron chi connectivity index (χ3n) is 1.88. The quantitative estimate of drug-likeness (QED) is 0.689.